The van der Waals surface area contributed by atoms with Crippen molar-refractivity contribution in [2.75, 3.05) is 11.1 Å². The minimum atomic E-state index is -1.06. The van der Waals surface area contributed by atoms with Crippen LogP contribution in [0.5, 0.6) is 0 Å². The molecule has 100 valence electrons. The molecule has 0 aliphatic carbocycles. The summed E-state index contributed by atoms with van der Waals surface area (Å²) in [7, 11) is 1.83. The van der Waals surface area contributed by atoms with E-state index in [1.165, 1.54) is 12.3 Å². The van der Waals surface area contributed by atoms with Crippen molar-refractivity contribution in [1.29, 1.82) is 0 Å². The van der Waals surface area contributed by atoms with Gasteiger partial charge in [-0.2, -0.15) is 5.10 Å². The molecule has 0 aromatic carbocycles. The first-order valence-electron chi connectivity index (χ1n) is 5.69. The van der Waals surface area contributed by atoms with Gasteiger partial charge < -0.3 is 16.2 Å². The summed E-state index contributed by atoms with van der Waals surface area (Å²) in [5.74, 6) is -0.768. The monoisotopic (exact) mass is 261 g/mol. The Bertz CT molecular complexity index is 621. The third-order valence-electron chi connectivity index (χ3n) is 2.70. The number of nitrogens with zero attached hydrogens (tertiary/aromatic N) is 3. The quantitative estimate of drug-likeness (QED) is 0.758. The number of aromatic nitrogens is 3. The Balaban J connectivity index is 2.20. The number of nitrogens with one attached hydrogen (secondary N) is 1. The maximum atomic E-state index is 11.1. The van der Waals surface area contributed by atoms with Crippen LogP contribution in [0.2, 0.25) is 0 Å². The van der Waals surface area contributed by atoms with Gasteiger partial charge in [0.2, 0.25) is 0 Å². The molecule has 2 heterocycles. The Morgan fingerprint density at radius 3 is 2.89 bits per heavy atom. The van der Waals surface area contributed by atoms with Crippen molar-refractivity contribution in [2.45, 2.75) is 13.5 Å². The molecule has 7 nitrogen and oxygen atoms in total. The minimum Gasteiger partial charge on any atom is -0.478 e. The Morgan fingerprint density at radius 2 is 2.32 bits per heavy atom. The summed E-state index contributed by atoms with van der Waals surface area (Å²) in [5.41, 5.74) is 7.78. The number of nitrogens with two attached hydrogens (primary N) is 1. The number of carbonyl (C=O) groups is 1. The highest BCUT2D eigenvalue weighted by Crippen LogP contribution is 2.17. The standard InChI is InChI=1S/C12H15N5O2/c1-7-8(6-17(2)16-7)4-14-11-10(12(18)19)3-9(13)5-15-11/h3,5-6H,4,13H2,1-2H3,(H,14,15)(H,18,19). The molecular formula is C12H15N5O2. The van der Waals surface area contributed by atoms with Crippen molar-refractivity contribution >= 4 is 17.5 Å². The van der Waals surface area contributed by atoms with Crippen LogP contribution in [0.15, 0.2) is 18.5 Å². The molecule has 0 amide bonds. The van der Waals surface area contributed by atoms with Gasteiger partial charge in [0.05, 0.1) is 17.6 Å². The van der Waals surface area contributed by atoms with E-state index >= 15 is 0 Å². The number of carboxylic acids is 1. The van der Waals surface area contributed by atoms with Crippen LogP contribution in [-0.2, 0) is 13.6 Å². The highest BCUT2D eigenvalue weighted by molar-refractivity contribution is 5.94. The summed E-state index contributed by atoms with van der Waals surface area (Å²) in [6, 6.07) is 1.38. The van der Waals surface area contributed by atoms with E-state index in [0.717, 1.165) is 11.3 Å². The Morgan fingerprint density at radius 1 is 1.58 bits per heavy atom. The number of carboxylic acid groups (broad SMARTS) is 1. The second-order valence-corrected chi connectivity index (χ2v) is 4.24. The molecule has 2 aromatic heterocycles. The molecule has 19 heavy (non-hydrogen) atoms. The zero-order valence-electron chi connectivity index (χ0n) is 10.7. The summed E-state index contributed by atoms with van der Waals surface area (Å²) in [5, 5.41) is 16.3. The molecule has 0 saturated carbocycles. The second kappa shape index (κ2) is 4.97. The van der Waals surface area contributed by atoms with E-state index in [9.17, 15) is 4.79 Å². The van der Waals surface area contributed by atoms with Crippen LogP contribution in [0.4, 0.5) is 11.5 Å². The van der Waals surface area contributed by atoms with Crippen LogP contribution in [0, 0.1) is 6.92 Å². The maximum absolute atomic E-state index is 11.1. The van der Waals surface area contributed by atoms with Gasteiger partial charge >= 0.3 is 5.97 Å². The first-order chi connectivity index (χ1) is 8.97. The van der Waals surface area contributed by atoms with Crippen molar-refractivity contribution in [3.8, 4) is 0 Å². The molecule has 0 aliphatic rings. The summed E-state index contributed by atoms with van der Waals surface area (Å²) in [6.07, 6.45) is 3.30. The van der Waals surface area contributed by atoms with Crippen LogP contribution < -0.4 is 11.1 Å². The number of anilines is 2. The summed E-state index contributed by atoms with van der Waals surface area (Å²) in [4.78, 5) is 15.1. The molecule has 0 atom stereocenters. The molecule has 0 radical (unpaired) electrons. The first-order valence-corrected chi connectivity index (χ1v) is 5.69. The predicted octanol–water partition coefficient (Wildman–Crippen LogP) is 1.02. The third-order valence-corrected chi connectivity index (χ3v) is 2.70. The zero-order chi connectivity index (χ0) is 14.0. The fourth-order valence-corrected chi connectivity index (χ4v) is 1.79. The van der Waals surface area contributed by atoms with E-state index in [4.69, 9.17) is 10.8 Å². The molecule has 4 N–H and O–H groups in total. The van der Waals surface area contributed by atoms with Crippen molar-refractivity contribution in [1.82, 2.24) is 14.8 Å². The summed E-state index contributed by atoms with van der Waals surface area (Å²) in [6.45, 7) is 2.35. The average Bonchev–Trinajstić information content (AvgIpc) is 2.66. The van der Waals surface area contributed by atoms with Crippen LogP contribution in [0.1, 0.15) is 21.6 Å². The number of hydrogen-bond acceptors (Lipinski definition) is 5. The summed E-state index contributed by atoms with van der Waals surface area (Å²) < 4.78 is 1.71. The Labute approximate surface area is 110 Å². The molecule has 0 fully saturated rings. The molecule has 0 spiro atoms. The van der Waals surface area contributed by atoms with Gasteiger partial charge in [0.25, 0.3) is 0 Å². The maximum Gasteiger partial charge on any atom is 0.339 e. The van der Waals surface area contributed by atoms with Crippen molar-refractivity contribution in [2.24, 2.45) is 7.05 Å². The van der Waals surface area contributed by atoms with E-state index in [0.29, 0.717) is 18.1 Å². The number of pyridine rings is 1. The van der Waals surface area contributed by atoms with Gasteiger partial charge in [-0.1, -0.05) is 0 Å². The van der Waals surface area contributed by atoms with Gasteiger partial charge in [0.15, 0.2) is 0 Å². The second-order valence-electron chi connectivity index (χ2n) is 4.24. The van der Waals surface area contributed by atoms with E-state index in [1.807, 2.05) is 20.2 Å². The molecule has 0 aliphatic heterocycles. The van der Waals surface area contributed by atoms with Gasteiger partial charge in [-0.3, -0.25) is 4.68 Å². The van der Waals surface area contributed by atoms with Crippen LogP contribution in [0.25, 0.3) is 0 Å². The van der Waals surface area contributed by atoms with Crippen molar-refractivity contribution < 1.29 is 9.90 Å². The SMILES string of the molecule is Cc1nn(C)cc1CNc1ncc(N)cc1C(=O)O. The molecule has 7 heteroatoms. The number of hydrogen-bond donors (Lipinski definition) is 3. The highest BCUT2D eigenvalue weighted by atomic mass is 16.4. The fraction of sp³-hybridized carbons (Fsp3) is 0.250. The fourth-order valence-electron chi connectivity index (χ4n) is 1.79. The Hall–Kier alpha value is -2.57. The van der Waals surface area contributed by atoms with Crippen LogP contribution in [-0.4, -0.2) is 25.8 Å². The number of aryl methyl sites for hydroxylation is 2. The Kier molecular flexibility index (Phi) is 3.37. The van der Waals surface area contributed by atoms with Crippen LogP contribution in [0.3, 0.4) is 0 Å². The van der Waals surface area contributed by atoms with Crippen LogP contribution >= 0.6 is 0 Å². The first kappa shape index (κ1) is 12.9. The number of rotatable bonds is 4. The smallest absolute Gasteiger partial charge is 0.339 e. The van der Waals surface area contributed by atoms with Crippen molar-refractivity contribution in [3.05, 3.63) is 35.3 Å². The lowest BCUT2D eigenvalue weighted by Crippen LogP contribution is -2.09. The lowest BCUT2D eigenvalue weighted by atomic mass is 10.2. The van der Waals surface area contributed by atoms with E-state index < -0.39 is 5.97 Å². The van der Waals surface area contributed by atoms with Gasteiger partial charge in [-0.25, -0.2) is 9.78 Å². The van der Waals surface area contributed by atoms with Gasteiger partial charge in [0.1, 0.15) is 11.4 Å². The summed E-state index contributed by atoms with van der Waals surface area (Å²) >= 11 is 0. The molecule has 0 unspecified atom stereocenters. The van der Waals surface area contributed by atoms with Crippen molar-refractivity contribution in [3.63, 3.8) is 0 Å². The van der Waals surface area contributed by atoms with Gasteiger partial charge in [-0.05, 0) is 13.0 Å². The largest absolute Gasteiger partial charge is 0.478 e. The van der Waals surface area contributed by atoms with Gasteiger partial charge in [0, 0.05) is 25.4 Å². The lowest BCUT2D eigenvalue weighted by molar-refractivity contribution is 0.0697. The average molecular weight is 261 g/mol. The molecule has 0 saturated heterocycles. The zero-order valence-corrected chi connectivity index (χ0v) is 10.7. The molecule has 2 rings (SSSR count). The third kappa shape index (κ3) is 2.82. The highest BCUT2D eigenvalue weighted by Gasteiger charge is 2.12. The van der Waals surface area contributed by atoms with E-state index in [2.05, 4.69) is 15.4 Å². The van der Waals surface area contributed by atoms with E-state index in [1.54, 1.807) is 4.68 Å². The van der Waals surface area contributed by atoms with Gasteiger partial charge in [-0.15, -0.1) is 0 Å². The number of aromatic carboxylic acids is 1. The lowest BCUT2D eigenvalue weighted by Gasteiger charge is -2.08. The molecule has 0 bridgehead atoms. The molecular weight excluding hydrogens is 246 g/mol. The minimum absolute atomic E-state index is 0.0570. The predicted molar refractivity (Wildman–Crippen MR) is 70.9 cm³/mol. The molecule has 2 aromatic rings. The topological polar surface area (TPSA) is 106 Å². The van der Waals surface area contributed by atoms with E-state index in [-0.39, 0.29) is 5.56 Å². The number of nitrogen functional groups attached to an aromatic ring is 1. The normalized spacial score (nSPS) is 10.4.